The van der Waals surface area contributed by atoms with Gasteiger partial charge in [-0.3, -0.25) is 14.4 Å². The fraction of sp³-hybridized carbons (Fsp3) is 0.368. The molecule has 1 N–H and O–H groups in total. The van der Waals surface area contributed by atoms with Crippen molar-refractivity contribution in [3.63, 3.8) is 0 Å². The molecule has 0 aliphatic heterocycles. The van der Waals surface area contributed by atoms with Gasteiger partial charge in [-0.25, -0.2) is 9.07 Å². The van der Waals surface area contributed by atoms with Crippen LogP contribution in [0.4, 0.5) is 4.39 Å². The fourth-order valence-electron chi connectivity index (χ4n) is 2.47. The molecule has 7 nitrogen and oxygen atoms in total. The zero-order valence-corrected chi connectivity index (χ0v) is 15.3. The lowest BCUT2D eigenvalue weighted by molar-refractivity contribution is -0.141. The summed E-state index contributed by atoms with van der Waals surface area (Å²) in [5.74, 6) is -1.49. The van der Waals surface area contributed by atoms with Crippen molar-refractivity contribution < 1.29 is 18.7 Å². The highest BCUT2D eigenvalue weighted by atomic mass is 19.1. The Morgan fingerprint density at radius 3 is 2.56 bits per heavy atom. The number of esters is 1. The number of methoxy groups -OCH3 is 1. The van der Waals surface area contributed by atoms with Crippen LogP contribution in [0.1, 0.15) is 48.3 Å². The van der Waals surface area contributed by atoms with Crippen LogP contribution in [0.15, 0.2) is 41.2 Å². The molecule has 1 aromatic heterocycles. The summed E-state index contributed by atoms with van der Waals surface area (Å²) < 4.78 is 19.1. The largest absolute Gasteiger partial charge is 0.469 e. The third-order valence-electron chi connectivity index (χ3n) is 4.00. The number of nitrogens with one attached hydrogen (secondary N) is 1. The van der Waals surface area contributed by atoms with Gasteiger partial charge in [0.05, 0.1) is 19.6 Å². The minimum atomic E-state index is -0.719. The third-order valence-corrected chi connectivity index (χ3v) is 4.00. The van der Waals surface area contributed by atoms with Gasteiger partial charge in [0.25, 0.3) is 11.5 Å². The van der Waals surface area contributed by atoms with Crippen molar-refractivity contribution in [2.45, 2.75) is 38.8 Å². The third kappa shape index (κ3) is 5.73. The summed E-state index contributed by atoms with van der Waals surface area (Å²) in [7, 11) is 1.25. The van der Waals surface area contributed by atoms with Gasteiger partial charge >= 0.3 is 5.97 Å². The molecule has 1 amide bonds. The maximum Gasteiger partial charge on any atom is 0.307 e. The van der Waals surface area contributed by atoms with E-state index in [1.54, 1.807) is 0 Å². The maximum absolute atomic E-state index is 13.2. The molecule has 0 radical (unpaired) electrons. The summed E-state index contributed by atoms with van der Waals surface area (Å²) in [6, 6.07) is 7.36. The maximum atomic E-state index is 13.2. The van der Waals surface area contributed by atoms with Crippen LogP contribution < -0.4 is 10.9 Å². The van der Waals surface area contributed by atoms with E-state index in [9.17, 15) is 18.8 Å². The summed E-state index contributed by atoms with van der Waals surface area (Å²) >= 11 is 0. The Morgan fingerprint density at radius 2 is 1.93 bits per heavy atom. The molecule has 0 saturated carbocycles. The van der Waals surface area contributed by atoms with E-state index in [0.717, 1.165) is 12.8 Å². The Hall–Kier alpha value is -3.03. The monoisotopic (exact) mass is 375 g/mol. The van der Waals surface area contributed by atoms with Crippen LogP contribution in [0.2, 0.25) is 0 Å². The second kappa shape index (κ2) is 9.61. The van der Waals surface area contributed by atoms with Crippen molar-refractivity contribution in [2.75, 3.05) is 7.11 Å². The van der Waals surface area contributed by atoms with E-state index in [0.29, 0.717) is 12.1 Å². The van der Waals surface area contributed by atoms with Gasteiger partial charge in [0.1, 0.15) is 11.5 Å². The highest BCUT2D eigenvalue weighted by Gasteiger charge is 2.21. The number of nitrogens with zero attached hydrogens (tertiary/aromatic N) is 2. The first kappa shape index (κ1) is 20.3. The lowest BCUT2D eigenvalue weighted by atomic mass is 10.0. The molecule has 0 fully saturated rings. The van der Waals surface area contributed by atoms with E-state index >= 15 is 0 Å². The van der Waals surface area contributed by atoms with Crippen LogP contribution in [-0.4, -0.2) is 28.8 Å². The van der Waals surface area contributed by atoms with Gasteiger partial charge in [-0.1, -0.05) is 25.5 Å². The molecule has 0 bridgehead atoms. The number of amides is 1. The van der Waals surface area contributed by atoms with Gasteiger partial charge in [0, 0.05) is 12.6 Å². The van der Waals surface area contributed by atoms with E-state index in [-0.39, 0.29) is 17.7 Å². The Morgan fingerprint density at radius 1 is 1.22 bits per heavy atom. The molecule has 0 spiro atoms. The van der Waals surface area contributed by atoms with Crippen LogP contribution in [0.25, 0.3) is 0 Å². The Bertz CT molecular complexity index is 849. The minimum absolute atomic E-state index is 0.0580. The molecule has 144 valence electrons. The Balaban J connectivity index is 2.23. The number of carbonyl (C=O) groups excluding carboxylic acids is 2. The number of halogens is 1. The van der Waals surface area contributed by atoms with Crippen LogP contribution >= 0.6 is 0 Å². The van der Waals surface area contributed by atoms with E-state index in [1.165, 1.54) is 48.2 Å². The van der Waals surface area contributed by atoms with Gasteiger partial charge in [0.2, 0.25) is 0 Å². The number of hydrogen-bond donors (Lipinski definition) is 1. The lowest BCUT2D eigenvalue weighted by Gasteiger charge is -2.18. The van der Waals surface area contributed by atoms with Crippen molar-refractivity contribution in [1.82, 2.24) is 15.1 Å². The second-order valence-electron chi connectivity index (χ2n) is 5.99. The summed E-state index contributed by atoms with van der Waals surface area (Å²) in [6.07, 6.45) is 1.53. The van der Waals surface area contributed by atoms with Crippen molar-refractivity contribution >= 4 is 11.9 Å². The summed E-state index contributed by atoms with van der Waals surface area (Å²) in [4.78, 5) is 36.1. The quantitative estimate of drug-likeness (QED) is 0.715. The van der Waals surface area contributed by atoms with Crippen LogP contribution in [0.5, 0.6) is 0 Å². The molecule has 1 heterocycles. The van der Waals surface area contributed by atoms with Crippen molar-refractivity contribution in [2.24, 2.45) is 0 Å². The van der Waals surface area contributed by atoms with Crippen LogP contribution in [0, 0.1) is 5.82 Å². The van der Waals surface area contributed by atoms with Crippen molar-refractivity contribution in [3.8, 4) is 0 Å². The number of rotatable bonds is 8. The lowest BCUT2D eigenvalue weighted by Crippen LogP contribution is -2.33. The van der Waals surface area contributed by atoms with Gasteiger partial charge in [0.15, 0.2) is 0 Å². The normalized spacial score (nSPS) is 11.7. The Kier molecular flexibility index (Phi) is 7.22. The van der Waals surface area contributed by atoms with E-state index in [2.05, 4.69) is 15.2 Å². The number of benzene rings is 1. The molecule has 27 heavy (non-hydrogen) atoms. The number of hydrogen-bond acceptors (Lipinski definition) is 5. The molecule has 2 rings (SSSR count). The summed E-state index contributed by atoms with van der Waals surface area (Å²) in [5, 5.41) is 6.78. The number of ether oxygens (including phenoxy) is 1. The van der Waals surface area contributed by atoms with E-state index < -0.39 is 23.7 Å². The summed E-state index contributed by atoms with van der Waals surface area (Å²) in [5.41, 5.74) is 0.321. The van der Waals surface area contributed by atoms with Crippen molar-refractivity contribution in [1.29, 1.82) is 0 Å². The van der Waals surface area contributed by atoms with Crippen LogP contribution in [0.3, 0.4) is 0 Å². The van der Waals surface area contributed by atoms with Crippen molar-refractivity contribution in [3.05, 3.63) is 63.8 Å². The second-order valence-corrected chi connectivity index (χ2v) is 5.99. The predicted molar refractivity (Wildman–Crippen MR) is 96.6 cm³/mol. The SMILES string of the molecule is CCCCn1nc(C(=O)N[C@H](CC(=O)OC)c2ccc(F)cc2)ccc1=O. The fourth-order valence-corrected chi connectivity index (χ4v) is 2.47. The number of aryl methyl sites for hydroxylation is 1. The standard InChI is InChI=1S/C19H22FN3O4/c1-3-4-11-23-17(24)10-9-15(22-23)19(26)21-16(12-18(25)27-2)13-5-7-14(20)8-6-13/h5-10,16H,3-4,11-12H2,1-2H3,(H,21,26)/t16-/m1/s1. The van der Waals surface area contributed by atoms with Gasteiger partial charge < -0.3 is 10.1 Å². The van der Waals surface area contributed by atoms with Gasteiger partial charge in [-0.2, -0.15) is 5.10 Å². The van der Waals surface area contributed by atoms with Gasteiger partial charge in [-0.05, 0) is 30.2 Å². The highest BCUT2D eigenvalue weighted by Crippen LogP contribution is 2.18. The molecule has 1 aromatic carbocycles. The smallest absolute Gasteiger partial charge is 0.307 e. The molecular weight excluding hydrogens is 353 g/mol. The molecule has 0 aliphatic rings. The van der Waals surface area contributed by atoms with E-state index in [4.69, 9.17) is 0 Å². The zero-order chi connectivity index (χ0) is 19.8. The zero-order valence-electron chi connectivity index (χ0n) is 15.3. The number of carbonyl (C=O) groups is 2. The molecule has 0 unspecified atom stereocenters. The molecule has 2 aromatic rings. The average molecular weight is 375 g/mol. The highest BCUT2D eigenvalue weighted by molar-refractivity contribution is 5.92. The predicted octanol–water partition coefficient (Wildman–Crippen LogP) is 2.22. The average Bonchev–Trinajstić information content (AvgIpc) is 2.67. The number of unbranched alkanes of at least 4 members (excludes halogenated alkanes) is 1. The molecular formula is C19H22FN3O4. The molecule has 0 aliphatic carbocycles. The first-order valence-corrected chi connectivity index (χ1v) is 8.66. The van der Waals surface area contributed by atoms with Gasteiger partial charge in [-0.15, -0.1) is 0 Å². The first-order chi connectivity index (χ1) is 12.9. The first-order valence-electron chi connectivity index (χ1n) is 8.66. The number of aromatic nitrogens is 2. The minimum Gasteiger partial charge on any atom is -0.469 e. The Labute approximate surface area is 156 Å². The van der Waals surface area contributed by atoms with Crippen LogP contribution in [-0.2, 0) is 16.1 Å². The topological polar surface area (TPSA) is 90.3 Å². The van der Waals surface area contributed by atoms with E-state index in [1.807, 2.05) is 6.92 Å². The summed E-state index contributed by atoms with van der Waals surface area (Å²) in [6.45, 7) is 2.40. The molecule has 1 atom stereocenters. The molecule has 8 heteroatoms. The molecule has 0 saturated heterocycles.